The zero-order valence-electron chi connectivity index (χ0n) is 5.19. The van der Waals surface area contributed by atoms with Crippen LogP contribution in [0.2, 0.25) is 0 Å². The Morgan fingerprint density at radius 3 is 2.00 bits per heavy atom. The lowest BCUT2D eigenvalue weighted by Crippen LogP contribution is -2.48. The predicted octanol–water partition coefficient (Wildman–Crippen LogP) is 1.28. The highest BCUT2D eigenvalue weighted by Gasteiger charge is 2.45. The van der Waals surface area contributed by atoms with Crippen molar-refractivity contribution in [2.75, 3.05) is 0 Å². The molecule has 0 unspecified atom stereocenters. The number of hydrogen-bond acceptors (Lipinski definition) is 1. The van der Waals surface area contributed by atoms with Gasteiger partial charge in [0.2, 0.25) is 0 Å². The van der Waals surface area contributed by atoms with Crippen molar-refractivity contribution in [3.05, 3.63) is 0 Å². The molecule has 0 aromatic heterocycles. The van der Waals surface area contributed by atoms with E-state index in [4.69, 9.17) is 5.73 Å². The highest BCUT2D eigenvalue weighted by Crippen LogP contribution is 2.48. The molecule has 0 aliphatic heterocycles. The summed E-state index contributed by atoms with van der Waals surface area (Å²) in [5.74, 6) is 0.927. The van der Waals surface area contributed by atoms with E-state index in [9.17, 15) is 0 Å². The van der Waals surface area contributed by atoms with Crippen LogP contribution >= 0.6 is 0 Å². The van der Waals surface area contributed by atoms with Gasteiger partial charge in [-0.15, -0.1) is 0 Å². The van der Waals surface area contributed by atoms with Crippen molar-refractivity contribution in [2.45, 2.75) is 37.6 Å². The normalized spacial score (nSPS) is 34.1. The van der Waals surface area contributed by atoms with Gasteiger partial charge in [-0.05, 0) is 38.0 Å². The third kappa shape index (κ3) is 0.510. The molecule has 0 aromatic carbocycles. The van der Waals surface area contributed by atoms with Gasteiger partial charge in [-0.1, -0.05) is 0 Å². The zero-order chi connectivity index (χ0) is 5.61. The van der Waals surface area contributed by atoms with Crippen LogP contribution in [0.1, 0.15) is 32.1 Å². The smallest absolute Gasteiger partial charge is 0.0182 e. The van der Waals surface area contributed by atoms with E-state index in [1.165, 1.54) is 32.1 Å². The van der Waals surface area contributed by atoms with Crippen LogP contribution in [-0.2, 0) is 0 Å². The van der Waals surface area contributed by atoms with E-state index in [1.54, 1.807) is 0 Å². The Kier molecular flexibility index (Phi) is 0.762. The first-order valence-electron chi connectivity index (χ1n) is 3.60. The van der Waals surface area contributed by atoms with E-state index in [0.29, 0.717) is 5.54 Å². The van der Waals surface area contributed by atoms with Gasteiger partial charge in [0.05, 0.1) is 0 Å². The lowest BCUT2D eigenvalue weighted by atomic mass is 9.74. The zero-order valence-corrected chi connectivity index (χ0v) is 5.19. The molecule has 8 heavy (non-hydrogen) atoms. The Hall–Kier alpha value is -0.0400. The summed E-state index contributed by atoms with van der Waals surface area (Å²) in [5, 5.41) is 0. The lowest BCUT2D eigenvalue weighted by Gasteiger charge is -2.38. The van der Waals surface area contributed by atoms with Gasteiger partial charge in [-0.2, -0.15) is 0 Å². The van der Waals surface area contributed by atoms with Crippen LogP contribution in [0.25, 0.3) is 0 Å². The van der Waals surface area contributed by atoms with Crippen LogP contribution in [0, 0.1) is 5.92 Å². The molecule has 0 heterocycles. The Labute approximate surface area is 50.3 Å². The van der Waals surface area contributed by atoms with Crippen molar-refractivity contribution in [3.63, 3.8) is 0 Å². The van der Waals surface area contributed by atoms with Crippen LogP contribution in [0.15, 0.2) is 0 Å². The molecule has 1 nitrogen and oxygen atoms in total. The quantitative estimate of drug-likeness (QED) is 0.542. The van der Waals surface area contributed by atoms with Gasteiger partial charge < -0.3 is 5.73 Å². The second-order valence-corrected chi connectivity index (χ2v) is 3.36. The van der Waals surface area contributed by atoms with Gasteiger partial charge in [-0.25, -0.2) is 0 Å². The van der Waals surface area contributed by atoms with Crippen LogP contribution in [0.5, 0.6) is 0 Å². The first-order chi connectivity index (χ1) is 3.81. The highest BCUT2D eigenvalue weighted by molar-refractivity contribution is 5.03. The van der Waals surface area contributed by atoms with Crippen molar-refractivity contribution >= 4 is 0 Å². The van der Waals surface area contributed by atoms with Crippen LogP contribution < -0.4 is 5.73 Å². The Morgan fingerprint density at radius 1 is 1.25 bits per heavy atom. The van der Waals surface area contributed by atoms with Gasteiger partial charge in [0.25, 0.3) is 0 Å². The number of rotatable bonds is 1. The van der Waals surface area contributed by atoms with Crippen molar-refractivity contribution in [3.8, 4) is 0 Å². The minimum atomic E-state index is 0.333. The molecular weight excluding hydrogens is 98.1 g/mol. The standard InChI is InChI=1S/C7H13N/c8-7(4-1-5-7)6-2-3-6/h6H,1-5,8H2. The minimum absolute atomic E-state index is 0.333. The second-order valence-electron chi connectivity index (χ2n) is 3.36. The van der Waals surface area contributed by atoms with Gasteiger partial charge in [0, 0.05) is 5.54 Å². The van der Waals surface area contributed by atoms with Crippen molar-refractivity contribution in [1.29, 1.82) is 0 Å². The minimum Gasteiger partial charge on any atom is -0.325 e. The summed E-state index contributed by atoms with van der Waals surface area (Å²) in [6, 6.07) is 0. The second kappa shape index (κ2) is 1.27. The van der Waals surface area contributed by atoms with Gasteiger partial charge in [0.15, 0.2) is 0 Å². The van der Waals surface area contributed by atoms with Gasteiger partial charge >= 0.3 is 0 Å². The Balaban J connectivity index is 1.99. The van der Waals surface area contributed by atoms with Crippen LogP contribution in [-0.4, -0.2) is 5.54 Å². The molecule has 1 heteroatoms. The molecule has 0 radical (unpaired) electrons. The van der Waals surface area contributed by atoms with Gasteiger partial charge in [-0.3, -0.25) is 0 Å². The molecule has 2 aliphatic rings. The number of hydrogen-bond donors (Lipinski definition) is 1. The SMILES string of the molecule is NC1(C2CC2)CCC1. The van der Waals surface area contributed by atoms with Crippen molar-refractivity contribution < 1.29 is 0 Å². The lowest BCUT2D eigenvalue weighted by molar-refractivity contribution is 0.214. The molecule has 2 rings (SSSR count). The van der Waals surface area contributed by atoms with Crippen LogP contribution in [0.4, 0.5) is 0 Å². The van der Waals surface area contributed by atoms with Crippen molar-refractivity contribution in [2.24, 2.45) is 11.7 Å². The summed E-state index contributed by atoms with van der Waals surface area (Å²) >= 11 is 0. The fourth-order valence-electron chi connectivity index (χ4n) is 1.65. The third-order valence-corrected chi connectivity index (χ3v) is 2.67. The Bertz CT molecular complexity index is 101. The van der Waals surface area contributed by atoms with Crippen molar-refractivity contribution in [1.82, 2.24) is 0 Å². The van der Waals surface area contributed by atoms with Gasteiger partial charge in [0.1, 0.15) is 0 Å². The van der Waals surface area contributed by atoms with Crippen LogP contribution in [0.3, 0.4) is 0 Å². The number of nitrogens with two attached hydrogens (primary N) is 1. The molecule has 0 bridgehead atoms. The fraction of sp³-hybridized carbons (Fsp3) is 1.00. The molecular formula is C7H13N. The molecule has 0 saturated heterocycles. The Morgan fingerprint density at radius 2 is 1.88 bits per heavy atom. The van der Waals surface area contributed by atoms with E-state index in [-0.39, 0.29) is 0 Å². The maximum atomic E-state index is 6.01. The van der Waals surface area contributed by atoms with E-state index < -0.39 is 0 Å². The largest absolute Gasteiger partial charge is 0.325 e. The monoisotopic (exact) mass is 111 g/mol. The molecule has 0 amide bonds. The average Bonchev–Trinajstić information content (AvgIpc) is 2.38. The molecule has 2 fully saturated rings. The third-order valence-electron chi connectivity index (χ3n) is 2.67. The summed E-state index contributed by atoms with van der Waals surface area (Å²) < 4.78 is 0. The molecule has 2 N–H and O–H groups in total. The average molecular weight is 111 g/mol. The summed E-state index contributed by atoms with van der Waals surface area (Å²) in [4.78, 5) is 0. The first kappa shape index (κ1) is 4.80. The first-order valence-corrected chi connectivity index (χ1v) is 3.60. The fourth-order valence-corrected chi connectivity index (χ4v) is 1.65. The predicted molar refractivity (Wildman–Crippen MR) is 33.5 cm³/mol. The summed E-state index contributed by atoms with van der Waals surface area (Å²) in [5.41, 5.74) is 6.34. The highest BCUT2D eigenvalue weighted by atomic mass is 14.8. The topological polar surface area (TPSA) is 26.0 Å². The maximum absolute atomic E-state index is 6.01. The summed E-state index contributed by atoms with van der Waals surface area (Å²) in [6.07, 6.45) is 6.81. The molecule has 2 aliphatic carbocycles. The molecule has 0 atom stereocenters. The maximum Gasteiger partial charge on any atom is 0.0182 e. The van der Waals surface area contributed by atoms with E-state index in [0.717, 1.165) is 5.92 Å². The molecule has 0 aromatic rings. The molecule has 46 valence electrons. The van der Waals surface area contributed by atoms with E-state index in [1.807, 2.05) is 0 Å². The van der Waals surface area contributed by atoms with E-state index >= 15 is 0 Å². The molecule has 2 saturated carbocycles. The molecule has 0 spiro atoms. The summed E-state index contributed by atoms with van der Waals surface area (Å²) in [6.45, 7) is 0. The van der Waals surface area contributed by atoms with E-state index in [2.05, 4.69) is 0 Å². The summed E-state index contributed by atoms with van der Waals surface area (Å²) in [7, 11) is 0.